The van der Waals surface area contributed by atoms with E-state index in [-0.39, 0.29) is 12.5 Å². The van der Waals surface area contributed by atoms with E-state index in [2.05, 4.69) is 36.1 Å². The zero-order valence-corrected chi connectivity index (χ0v) is 15.5. The third kappa shape index (κ3) is 4.55. The van der Waals surface area contributed by atoms with Crippen LogP contribution in [0.15, 0.2) is 48.5 Å². The zero-order valence-electron chi connectivity index (χ0n) is 15.5. The quantitative estimate of drug-likeness (QED) is 0.800. The van der Waals surface area contributed by atoms with Crippen LogP contribution in [0.4, 0.5) is 0 Å². The van der Waals surface area contributed by atoms with Crippen molar-refractivity contribution in [3.05, 3.63) is 59.7 Å². The summed E-state index contributed by atoms with van der Waals surface area (Å²) in [4.78, 5) is 16.7. The number of piperazine rings is 1. The maximum atomic E-state index is 12.4. The largest absolute Gasteiger partial charge is 0.493 e. The third-order valence-electron chi connectivity index (χ3n) is 4.80. The van der Waals surface area contributed by atoms with E-state index in [1.807, 2.05) is 29.2 Å². The molecule has 0 aromatic heterocycles. The maximum absolute atomic E-state index is 12.4. The fourth-order valence-electron chi connectivity index (χ4n) is 3.15. The SMILES string of the molecule is COc1ccccc1OCC(=O)N1CCN(Cc2ccccc2C)CC1. The summed E-state index contributed by atoms with van der Waals surface area (Å²) in [6, 6.07) is 15.8. The minimum absolute atomic E-state index is 0.0199. The number of methoxy groups -OCH3 is 1. The number of para-hydroxylation sites is 2. The van der Waals surface area contributed by atoms with E-state index < -0.39 is 0 Å². The van der Waals surface area contributed by atoms with Crippen LogP contribution in [0.3, 0.4) is 0 Å². The number of rotatable bonds is 6. The van der Waals surface area contributed by atoms with Gasteiger partial charge in [-0.15, -0.1) is 0 Å². The van der Waals surface area contributed by atoms with Crippen LogP contribution < -0.4 is 9.47 Å². The molecule has 3 rings (SSSR count). The summed E-state index contributed by atoms with van der Waals surface area (Å²) >= 11 is 0. The molecule has 5 heteroatoms. The second kappa shape index (κ2) is 8.72. The molecule has 138 valence electrons. The number of nitrogens with zero attached hydrogens (tertiary/aromatic N) is 2. The van der Waals surface area contributed by atoms with Crippen molar-refractivity contribution >= 4 is 5.91 Å². The van der Waals surface area contributed by atoms with E-state index in [0.29, 0.717) is 11.5 Å². The number of amides is 1. The molecule has 0 bridgehead atoms. The predicted molar refractivity (Wildman–Crippen MR) is 102 cm³/mol. The summed E-state index contributed by atoms with van der Waals surface area (Å²) in [6.07, 6.45) is 0. The molecule has 0 saturated carbocycles. The molecule has 0 unspecified atom stereocenters. The first kappa shape index (κ1) is 18.3. The monoisotopic (exact) mass is 354 g/mol. The van der Waals surface area contributed by atoms with Gasteiger partial charge in [-0.2, -0.15) is 0 Å². The first-order valence-corrected chi connectivity index (χ1v) is 8.98. The standard InChI is InChI=1S/C21H26N2O3/c1-17-7-3-4-8-18(17)15-22-11-13-23(14-12-22)21(24)16-26-20-10-6-5-9-19(20)25-2/h3-10H,11-16H2,1-2H3. The molecule has 1 aliphatic rings. The maximum Gasteiger partial charge on any atom is 0.260 e. The van der Waals surface area contributed by atoms with Gasteiger partial charge >= 0.3 is 0 Å². The molecule has 2 aromatic carbocycles. The van der Waals surface area contributed by atoms with Crippen molar-refractivity contribution < 1.29 is 14.3 Å². The van der Waals surface area contributed by atoms with Gasteiger partial charge in [0, 0.05) is 32.7 Å². The van der Waals surface area contributed by atoms with E-state index in [1.54, 1.807) is 7.11 Å². The van der Waals surface area contributed by atoms with Gasteiger partial charge in [0.05, 0.1) is 7.11 Å². The summed E-state index contributed by atoms with van der Waals surface area (Å²) in [7, 11) is 1.59. The number of ether oxygens (including phenoxy) is 2. The number of benzene rings is 2. The Hall–Kier alpha value is -2.53. The summed E-state index contributed by atoms with van der Waals surface area (Å²) in [5, 5.41) is 0. The minimum atomic E-state index is 0.0199. The highest BCUT2D eigenvalue weighted by Crippen LogP contribution is 2.25. The third-order valence-corrected chi connectivity index (χ3v) is 4.80. The van der Waals surface area contributed by atoms with E-state index in [1.165, 1.54) is 11.1 Å². The molecule has 1 amide bonds. The Morgan fingerprint density at radius 1 is 0.962 bits per heavy atom. The van der Waals surface area contributed by atoms with Gasteiger partial charge in [0.25, 0.3) is 5.91 Å². The summed E-state index contributed by atoms with van der Waals surface area (Å²) < 4.78 is 10.9. The molecule has 0 radical (unpaired) electrons. The Labute approximate surface area is 155 Å². The Morgan fingerprint density at radius 2 is 1.62 bits per heavy atom. The molecular weight excluding hydrogens is 328 g/mol. The smallest absolute Gasteiger partial charge is 0.260 e. The average Bonchev–Trinajstić information content (AvgIpc) is 2.68. The van der Waals surface area contributed by atoms with Gasteiger partial charge < -0.3 is 14.4 Å². The lowest BCUT2D eigenvalue weighted by molar-refractivity contribution is -0.135. The van der Waals surface area contributed by atoms with Crippen LogP contribution in [0.2, 0.25) is 0 Å². The molecule has 1 fully saturated rings. The minimum Gasteiger partial charge on any atom is -0.493 e. The Balaban J connectivity index is 1.47. The van der Waals surface area contributed by atoms with Gasteiger partial charge in [0.15, 0.2) is 18.1 Å². The van der Waals surface area contributed by atoms with Gasteiger partial charge in [-0.05, 0) is 30.2 Å². The van der Waals surface area contributed by atoms with Gasteiger partial charge in [-0.3, -0.25) is 9.69 Å². The molecule has 0 atom stereocenters. The van der Waals surface area contributed by atoms with Gasteiger partial charge in [-0.1, -0.05) is 36.4 Å². The van der Waals surface area contributed by atoms with Crippen LogP contribution in [0.25, 0.3) is 0 Å². The van der Waals surface area contributed by atoms with E-state index in [0.717, 1.165) is 32.7 Å². The normalized spacial score (nSPS) is 14.9. The molecule has 0 N–H and O–H groups in total. The number of carbonyl (C=O) groups excluding carboxylic acids is 1. The Morgan fingerprint density at radius 3 is 2.31 bits per heavy atom. The van der Waals surface area contributed by atoms with Crippen molar-refractivity contribution in [1.29, 1.82) is 0 Å². The van der Waals surface area contributed by atoms with E-state index in [4.69, 9.17) is 9.47 Å². The predicted octanol–water partition coefficient (Wildman–Crippen LogP) is 2.73. The first-order valence-electron chi connectivity index (χ1n) is 8.98. The molecule has 1 heterocycles. The lowest BCUT2D eigenvalue weighted by atomic mass is 10.1. The van der Waals surface area contributed by atoms with Crippen molar-refractivity contribution in [3.8, 4) is 11.5 Å². The molecule has 0 spiro atoms. The highest BCUT2D eigenvalue weighted by molar-refractivity contribution is 5.78. The van der Waals surface area contributed by atoms with Crippen molar-refractivity contribution in [2.24, 2.45) is 0 Å². The average molecular weight is 354 g/mol. The highest BCUT2D eigenvalue weighted by Gasteiger charge is 2.22. The van der Waals surface area contributed by atoms with Crippen LogP contribution >= 0.6 is 0 Å². The van der Waals surface area contributed by atoms with Crippen molar-refractivity contribution in [2.75, 3.05) is 39.9 Å². The van der Waals surface area contributed by atoms with Crippen molar-refractivity contribution in [3.63, 3.8) is 0 Å². The van der Waals surface area contributed by atoms with Gasteiger partial charge in [0.1, 0.15) is 0 Å². The van der Waals surface area contributed by atoms with Gasteiger partial charge in [-0.25, -0.2) is 0 Å². The molecule has 26 heavy (non-hydrogen) atoms. The molecule has 5 nitrogen and oxygen atoms in total. The lowest BCUT2D eigenvalue weighted by Gasteiger charge is -2.35. The number of hydrogen-bond acceptors (Lipinski definition) is 4. The topological polar surface area (TPSA) is 42.0 Å². The van der Waals surface area contributed by atoms with Gasteiger partial charge in [0.2, 0.25) is 0 Å². The van der Waals surface area contributed by atoms with E-state index in [9.17, 15) is 4.79 Å². The highest BCUT2D eigenvalue weighted by atomic mass is 16.5. The lowest BCUT2D eigenvalue weighted by Crippen LogP contribution is -2.49. The summed E-state index contributed by atoms with van der Waals surface area (Å²) in [6.45, 7) is 6.36. The van der Waals surface area contributed by atoms with E-state index >= 15 is 0 Å². The fraction of sp³-hybridized carbons (Fsp3) is 0.381. The fourth-order valence-corrected chi connectivity index (χ4v) is 3.15. The molecule has 2 aromatic rings. The summed E-state index contributed by atoms with van der Waals surface area (Å²) in [5.41, 5.74) is 2.67. The molecule has 1 saturated heterocycles. The summed E-state index contributed by atoms with van der Waals surface area (Å²) in [5.74, 6) is 1.26. The van der Waals surface area contributed by atoms with Crippen molar-refractivity contribution in [2.45, 2.75) is 13.5 Å². The molecule has 0 aliphatic carbocycles. The number of hydrogen-bond donors (Lipinski definition) is 0. The van der Waals surface area contributed by atoms with Crippen LogP contribution in [0.1, 0.15) is 11.1 Å². The first-order chi connectivity index (χ1) is 12.7. The van der Waals surface area contributed by atoms with Crippen molar-refractivity contribution in [1.82, 2.24) is 9.80 Å². The van der Waals surface area contributed by atoms with Crippen LogP contribution in [-0.4, -0.2) is 55.6 Å². The molecule has 1 aliphatic heterocycles. The van der Waals surface area contributed by atoms with Crippen LogP contribution in [-0.2, 0) is 11.3 Å². The Kier molecular flexibility index (Phi) is 6.12. The second-order valence-corrected chi connectivity index (χ2v) is 6.52. The van der Waals surface area contributed by atoms with Crippen LogP contribution in [0, 0.1) is 6.92 Å². The second-order valence-electron chi connectivity index (χ2n) is 6.52. The zero-order chi connectivity index (χ0) is 18.4. The Bertz CT molecular complexity index is 740. The number of carbonyl (C=O) groups is 1. The molecular formula is C21H26N2O3. The van der Waals surface area contributed by atoms with Crippen LogP contribution in [0.5, 0.6) is 11.5 Å². The number of aryl methyl sites for hydroxylation is 1.